The van der Waals surface area contributed by atoms with E-state index in [0.29, 0.717) is 17.2 Å². The van der Waals surface area contributed by atoms with Crippen LogP contribution in [0.5, 0.6) is 11.5 Å². The SMILES string of the molecule is CCCCCCCCCCCCOc1ccc2cc(C(=O)Oc3ccc(C4C=CC=C4)cc3)ccc2c1. The summed E-state index contributed by atoms with van der Waals surface area (Å²) in [6, 6.07) is 19.4. The van der Waals surface area contributed by atoms with Gasteiger partial charge in [-0.1, -0.05) is 113 Å². The molecule has 194 valence electrons. The molecule has 3 aromatic carbocycles. The normalized spacial score (nSPS) is 12.9. The van der Waals surface area contributed by atoms with Crippen LogP contribution in [0.1, 0.15) is 93.0 Å². The molecule has 0 saturated carbocycles. The van der Waals surface area contributed by atoms with Gasteiger partial charge >= 0.3 is 5.97 Å². The zero-order valence-electron chi connectivity index (χ0n) is 22.2. The summed E-state index contributed by atoms with van der Waals surface area (Å²) in [7, 11) is 0. The van der Waals surface area contributed by atoms with Crippen LogP contribution < -0.4 is 9.47 Å². The van der Waals surface area contributed by atoms with E-state index in [2.05, 4.69) is 19.1 Å². The molecule has 3 aromatic rings. The Morgan fingerprint density at radius 1 is 0.676 bits per heavy atom. The predicted octanol–water partition coefficient (Wildman–Crippen LogP) is 9.57. The molecule has 0 saturated heterocycles. The average molecular weight is 497 g/mol. The Hall–Kier alpha value is -3.33. The molecule has 0 unspecified atom stereocenters. The van der Waals surface area contributed by atoms with Gasteiger partial charge in [-0.25, -0.2) is 4.79 Å². The zero-order chi connectivity index (χ0) is 25.7. The second-order valence-corrected chi connectivity index (χ2v) is 10.0. The van der Waals surface area contributed by atoms with Gasteiger partial charge in [-0.3, -0.25) is 0 Å². The van der Waals surface area contributed by atoms with Crippen molar-refractivity contribution in [1.82, 2.24) is 0 Å². The van der Waals surface area contributed by atoms with E-state index in [0.717, 1.165) is 29.5 Å². The molecular formula is C34H40O3. The Balaban J connectivity index is 1.19. The van der Waals surface area contributed by atoms with E-state index in [-0.39, 0.29) is 5.97 Å². The largest absolute Gasteiger partial charge is 0.494 e. The van der Waals surface area contributed by atoms with Crippen molar-refractivity contribution in [1.29, 1.82) is 0 Å². The number of ether oxygens (including phenoxy) is 2. The first-order valence-electron chi connectivity index (χ1n) is 14.1. The van der Waals surface area contributed by atoms with Gasteiger partial charge in [-0.05, 0) is 59.2 Å². The van der Waals surface area contributed by atoms with Crippen LogP contribution in [0.15, 0.2) is 85.0 Å². The third-order valence-corrected chi connectivity index (χ3v) is 7.04. The van der Waals surface area contributed by atoms with Gasteiger partial charge in [0.25, 0.3) is 0 Å². The average Bonchev–Trinajstić information content (AvgIpc) is 3.47. The maximum Gasteiger partial charge on any atom is 0.343 e. The van der Waals surface area contributed by atoms with E-state index < -0.39 is 0 Å². The van der Waals surface area contributed by atoms with Crippen molar-refractivity contribution in [3.8, 4) is 11.5 Å². The smallest absolute Gasteiger partial charge is 0.343 e. The minimum atomic E-state index is -0.350. The maximum atomic E-state index is 12.7. The highest BCUT2D eigenvalue weighted by Crippen LogP contribution is 2.26. The van der Waals surface area contributed by atoms with E-state index >= 15 is 0 Å². The number of benzene rings is 3. The van der Waals surface area contributed by atoms with Crippen molar-refractivity contribution >= 4 is 16.7 Å². The van der Waals surface area contributed by atoms with Gasteiger partial charge in [0.2, 0.25) is 0 Å². The van der Waals surface area contributed by atoms with Crippen molar-refractivity contribution in [2.45, 2.75) is 77.0 Å². The van der Waals surface area contributed by atoms with E-state index in [1.165, 1.54) is 63.4 Å². The van der Waals surface area contributed by atoms with Gasteiger partial charge in [-0.2, -0.15) is 0 Å². The van der Waals surface area contributed by atoms with Gasteiger partial charge in [0.1, 0.15) is 11.5 Å². The number of hydrogen-bond donors (Lipinski definition) is 0. The van der Waals surface area contributed by atoms with Gasteiger partial charge in [0.15, 0.2) is 0 Å². The third-order valence-electron chi connectivity index (χ3n) is 7.04. The van der Waals surface area contributed by atoms with Crippen molar-refractivity contribution in [3.63, 3.8) is 0 Å². The second kappa shape index (κ2) is 14.4. The molecule has 0 radical (unpaired) electrons. The first kappa shape index (κ1) is 26.7. The van der Waals surface area contributed by atoms with E-state index in [4.69, 9.17) is 9.47 Å². The van der Waals surface area contributed by atoms with E-state index in [1.807, 2.05) is 72.8 Å². The summed E-state index contributed by atoms with van der Waals surface area (Å²) in [5.74, 6) is 1.38. The minimum absolute atomic E-state index is 0.300. The lowest BCUT2D eigenvalue weighted by Crippen LogP contribution is -2.08. The number of carbonyl (C=O) groups is 1. The second-order valence-electron chi connectivity index (χ2n) is 10.0. The summed E-state index contributed by atoms with van der Waals surface area (Å²) in [5, 5.41) is 2.05. The van der Waals surface area contributed by atoms with Crippen LogP contribution in [0.25, 0.3) is 10.8 Å². The lowest BCUT2D eigenvalue weighted by Gasteiger charge is -2.10. The topological polar surface area (TPSA) is 35.5 Å². The molecule has 3 nitrogen and oxygen atoms in total. The van der Waals surface area contributed by atoms with Crippen molar-refractivity contribution < 1.29 is 14.3 Å². The van der Waals surface area contributed by atoms with Crippen LogP contribution in [0.3, 0.4) is 0 Å². The number of allylic oxidation sites excluding steroid dienone is 4. The molecule has 3 heteroatoms. The third kappa shape index (κ3) is 8.35. The molecule has 37 heavy (non-hydrogen) atoms. The lowest BCUT2D eigenvalue weighted by molar-refractivity contribution is 0.0735. The number of rotatable bonds is 15. The molecule has 0 heterocycles. The molecule has 0 amide bonds. The minimum Gasteiger partial charge on any atom is -0.494 e. The van der Waals surface area contributed by atoms with Crippen LogP contribution in [-0.4, -0.2) is 12.6 Å². The molecular weight excluding hydrogens is 456 g/mol. The summed E-state index contributed by atoms with van der Waals surface area (Å²) in [6.07, 6.45) is 21.6. The maximum absolute atomic E-state index is 12.7. The quantitative estimate of drug-likeness (QED) is 0.119. The fourth-order valence-electron chi connectivity index (χ4n) is 4.80. The first-order chi connectivity index (χ1) is 18.2. The molecule has 0 spiro atoms. The monoisotopic (exact) mass is 496 g/mol. The molecule has 4 rings (SSSR count). The van der Waals surface area contributed by atoms with E-state index in [9.17, 15) is 4.79 Å². The molecule has 1 aliphatic rings. The number of carbonyl (C=O) groups excluding carboxylic acids is 1. The summed E-state index contributed by atoms with van der Waals surface area (Å²) in [5.41, 5.74) is 1.72. The highest BCUT2D eigenvalue weighted by Gasteiger charge is 2.12. The highest BCUT2D eigenvalue weighted by atomic mass is 16.5. The Bertz CT molecular complexity index is 1180. The van der Waals surface area contributed by atoms with Crippen LogP contribution >= 0.6 is 0 Å². The Morgan fingerprint density at radius 3 is 1.97 bits per heavy atom. The van der Waals surface area contributed by atoms with Crippen molar-refractivity contribution in [3.05, 3.63) is 96.1 Å². The van der Waals surface area contributed by atoms with Gasteiger partial charge in [0, 0.05) is 5.92 Å². The van der Waals surface area contributed by atoms with Crippen molar-refractivity contribution in [2.24, 2.45) is 0 Å². The standard InChI is InChI=1S/C34H40O3/c1-2-3-4-5-6-7-8-9-10-13-24-36-33-23-20-29-25-31(17-16-30(29)26-33)34(35)37-32-21-18-28(19-22-32)27-14-11-12-15-27/h11-12,14-23,25-27H,2-10,13,24H2,1H3. The first-order valence-corrected chi connectivity index (χ1v) is 14.1. The van der Waals surface area contributed by atoms with Crippen LogP contribution in [-0.2, 0) is 0 Å². The molecule has 0 N–H and O–H groups in total. The molecule has 0 aromatic heterocycles. The molecule has 1 aliphatic carbocycles. The van der Waals surface area contributed by atoms with Crippen LogP contribution in [0, 0.1) is 0 Å². The van der Waals surface area contributed by atoms with Crippen LogP contribution in [0.4, 0.5) is 0 Å². The Kier molecular flexibility index (Phi) is 10.4. The summed E-state index contributed by atoms with van der Waals surface area (Å²) >= 11 is 0. The number of esters is 1. The summed E-state index contributed by atoms with van der Waals surface area (Å²) in [4.78, 5) is 12.7. The van der Waals surface area contributed by atoms with Gasteiger partial charge in [0.05, 0.1) is 12.2 Å². The number of unbranched alkanes of at least 4 members (excludes halogenated alkanes) is 9. The van der Waals surface area contributed by atoms with Gasteiger partial charge < -0.3 is 9.47 Å². The Labute approximate surface area is 222 Å². The van der Waals surface area contributed by atoms with Gasteiger partial charge in [-0.15, -0.1) is 0 Å². The fourth-order valence-corrected chi connectivity index (χ4v) is 4.80. The fraction of sp³-hybridized carbons (Fsp3) is 0.382. The molecule has 0 fully saturated rings. The zero-order valence-corrected chi connectivity index (χ0v) is 22.2. The molecule has 0 atom stereocenters. The highest BCUT2D eigenvalue weighted by molar-refractivity contribution is 5.96. The van der Waals surface area contributed by atoms with Crippen LogP contribution in [0.2, 0.25) is 0 Å². The summed E-state index contributed by atoms with van der Waals surface area (Å²) in [6.45, 7) is 3.02. The van der Waals surface area contributed by atoms with Crippen molar-refractivity contribution in [2.75, 3.05) is 6.61 Å². The predicted molar refractivity (Wildman–Crippen MR) is 154 cm³/mol. The van der Waals surface area contributed by atoms with E-state index in [1.54, 1.807) is 0 Å². The summed E-state index contributed by atoms with van der Waals surface area (Å²) < 4.78 is 11.6. The Morgan fingerprint density at radius 2 is 1.27 bits per heavy atom. The lowest BCUT2D eigenvalue weighted by atomic mass is 10.0. The number of hydrogen-bond acceptors (Lipinski definition) is 3. The number of fused-ring (bicyclic) bond motifs is 1. The molecule has 0 aliphatic heterocycles. The molecule has 0 bridgehead atoms.